The maximum atomic E-state index is 5.73. The molecule has 3 nitrogen and oxygen atoms in total. The van der Waals surface area contributed by atoms with E-state index in [1.54, 1.807) is 12.5 Å². The van der Waals surface area contributed by atoms with Crippen molar-refractivity contribution in [2.75, 3.05) is 17.7 Å². The lowest BCUT2D eigenvalue weighted by Crippen LogP contribution is -2.17. The molecule has 84 valence electrons. The van der Waals surface area contributed by atoms with Crippen LogP contribution in [0.25, 0.3) is 0 Å². The zero-order valence-electron chi connectivity index (χ0n) is 8.98. The van der Waals surface area contributed by atoms with Gasteiger partial charge in [-0.2, -0.15) is 0 Å². The monoisotopic (exact) mass is 328 g/mol. The predicted molar refractivity (Wildman–Crippen MR) is 74.4 cm³/mol. The Hall–Kier alpha value is -1.17. The molecule has 1 aromatic heterocycles. The molecule has 0 fully saturated rings. The average Bonchev–Trinajstić information content (AvgIpc) is 2.70. The predicted octanol–water partition coefficient (Wildman–Crippen LogP) is 3.10. The summed E-state index contributed by atoms with van der Waals surface area (Å²) in [6, 6.07) is 7.91. The minimum atomic E-state index is 0.796. The molecule has 0 amide bonds. The average molecular weight is 328 g/mol. The lowest BCUT2D eigenvalue weighted by molar-refractivity contribution is 0.563. The number of benzene rings is 1. The topological polar surface area (TPSA) is 42.4 Å². The van der Waals surface area contributed by atoms with E-state index in [-0.39, 0.29) is 0 Å². The van der Waals surface area contributed by atoms with Crippen molar-refractivity contribution in [1.82, 2.24) is 0 Å². The largest absolute Gasteiger partial charge is 0.472 e. The van der Waals surface area contributed by atoms with Gasteiger partial charge in [0.15, 0.2) is 0 Å². The van der Waals surface area contributed by atoms with Crippen molar-refractivity contribution >= 4 is 34.0 Å². The van der Waals surface area contributed by atoms with E-state index < -0.39 is 0 Å². The number of nitrogens with two attached hydrogens (primary N) is 1. The van der Waals surface area contributed by atoms with Crippen molar-refractivity contribution in [2.45, 2.75) is 6.54 Å². The van der Waals surface area contributed by atoms with E-state index in [1.165, 1.54) is 5.69 Å². The van der Waals surface area contributed by atoms with Gasteiger partial charge in [-0.15, -0.1) is 0 Å². The molecule has 16 heavy (non-hydrogen) atoms. The van der Waals surface area contributed by atoms with Gasteiger partial charge >= 0.3 is 0 Å². The zero-order chi connectivity index (χ0) is 11.5. The summed E-state index contributed by atoms with van der Waals surface area (Å²) in [4.78, 5) is 2.17. The van der Waals surface area contributed by atoms with Crippen LogP contribution < -0.4 is 10.6 Å². The number of hydrogen-bond acceptors (Lipinski definition) is 3. The minimum absolute atomic E-state index is 0.796. The Bertz CT molecular complexity index is 468. The number of rotatable bonds is 3. The summed E-state index contributed by atoms with van der Waals surface area (Å²) in [5.41, 5.74) is 8.86. The van der Waals surface area contributed by atoms with Gasteiger partial charge in [-0.25, -0.2) is 0 Å². The Morgan fingerprint density at radius 3 is 2.81 bits per heavy atom. The van der Waals surface area contributed by atoms with Gasteiger partial charge in [-0.1, -0.05) is 0 Å². The number of furan rings is 1. The lowest BCUT2D eigenvalue weighted by atomic mass is 10.2. The summed E-state index contributed by atoms with van der Waals surface area (Å²) < 4.78 is 6.21. The minimum Gasteiger partial charge on any atom is -0.472 e. The van der Waals surface area contributed by atoms with Crippen molar-refractivity contribution < 1.29 is 4.42 Å². The first-order valence-electron chi connectivity index (χ1n) is 4.94. The molecule has 2 N–H and O–H groups in total. The van der Waals surface area contributed by atoms with Gasteiger partial charge in [-0.3, -0.25) is 0 Å². The van der Waals surface area contributed by atoms with Gasteiger partial charge < -0.3 is 15.1 Å². The van der Waals surface area contributed by atoms with Crippen LogP contribution in [0.3, 0.4) is 0 Å². The summed E-state index contributed by atoms with van der Waals surface area (Å²) in [5, 5.41) is 0. The van der Waals surface area contributed by atoms with Crippen LogP contribution in [0.2, 0.25) is 0 Å². The maximum absolute atomic E-state index is 5.73. The fourth-order valence-corrected chi connectivity index (χ4v) is 2.53. The number of nitrogens with zero attached hydrogens (tertiary/aromatic N) is 1. The smallest absolute Gasteiger partial charge is 0.0952 e. The summed E-state index contributed by atoms with van der Waals surface area (Å²) in [7, 11) is 2.06. The molecule has 0 aliphatic rings. The quantitative estimate of drug-likeness (QED) is 0.695. The Balaban J connectivity index is 2.17. The molecular weight excluding hydrogens is 315 g/mol. The first-order chi connectivity index (χ1) is 7.66. The summed E-state index contributed by atoms with van der Waals surface area (Å²) in [6.07, 6.45) is 3.46. The number of anilines is 2. The molecule has 0 atom stereocenters. The van der Waals surface area contributed by atoms with E-state index in [0.29, 0.717) is 0 Å². The van der Waals surface area contributed by atoms with Crippen LogP contribution >= 0.6 is 22.6 Å². The highest BCUT2D eigenvalue weighted by atomic mass is 127. The van der Waals surface area contributed by atoms with E-state index in [2.05, 4.69) is 34.5 Å². The van der Waals surface area contributed by atoms with Gasteiger partial charge in [0.05, 0.1) is 18.2 Å². The molecule has 1 heterocycles. The van der Waals surface area contributed by atoms with E-state index in [0.717, 1.165) is 21.4 Å². The van der Waals surface area contributed by atoms with Crippen molar-refractivity contribution in [1.29, 1.82) is 0 Å². The molecule has 0 bridgehead atoms. The second-order valence-corrected chi connectivity index (χ2v) is 4.86. The SMILES string of the molecule is CN(Cc1ccoc1)c1ccc(N)cc1I. The van der Waals surface area contributed by atoms with Crippen LogP contribution in [0.15, 0.2) is 41.2 Å². The third-order valence-corrected chi connectivity index (χ3v) is 3.25. The van der Waals surface area contributed by atoms with Crippen LogP contribution in [0, 0.1) is 3.57 Å². The Kier molecular flexibility index (Phi) is 3.38. The standard InChI is InChI=1S/C12H13IN2O/c1-15(7-9-4-5-16-8-9)12-3-2-10(14)6-11(12)13/h2-6,8H,7,14H2,1H3. The fraction of sp³-hybridized carbons (Fsp3) is 0.167. The van der Waals surface area contributed by atoms with Crippen molar-refractivity contribution in [3.8, 4) is 0 Å². The molecule has 0 spiro atoms. The number of halogens is 1. The van der Waals surface area contributed by atoms with E-state index in [4.69, 9.17) is 10.2 Å². The third-order valence-electron chi connectivity index (χ3n) is 2.38. The van der Waals surface area contributed by atoms with Gasteiger partial charge in [0.2, 0.25) is 0 Å². The van der Waals surface area contributed by atoms with Crippen molar-refractivity contribution in [2.24, 2.45) is 0 Å². The Morgan fingerprint density at radius 1 is 1.38 bits per heavy atom. The summed E-state index contributed by atoms with van der Waals surface area (Å²) in [5.74, 6) is 0. The molecule has 0 aliphatic heterocycles. The molecule has 1 aromatic carbocycles. The van der Waals surface area contributed by atoms with Gasteiger partial charge in [0, 0.05) is 28.4 Å². The molecular formula is C12H13IN2O. The van der Waals surface area contributed by atoms with Crippen LogP contribution in [0.1, 0.15) is 5.56 Å². The normalized spacial score (nSPS) is 10.4. The van der Waals surface area contributed by atoms with Crippen LogP contribution in [0.5, 0.6) is 0 Å². The van der Waals surface area contributed by atoms with E-state index in [1.807, 2.05) is 24.3 Å². The molecule has 0 radical (unpaired) electrons. The lowest BCUT2D eigenvalue weighted by Gasteiger charge is -2.20. The highest BCUT2D eigenvalue weighted by molar-refractivity contribution is 14.1. The molecule has 0 unspecified atom stereocenters. The first-order valence-corrected chi connectivity index (χ1v) is 6.02. The van der Waals surface area contributed by atoms with Crippen LogP contribution in [-0.2, 0) is 6.54 Å². The second kappa shape index (κ2) is 4.78. The van der Waals surface area contributed by atoms with Gasteiger partial charge in [0.1, 0.15) is 0 Å². The molecule has 0 aliphatic carbocycles. The Labute approximate surface area is 108 Å². The van der Waals surface area contributed by atoms with Crippen LogP contribution in [0.4, 0.5) is 11.4 Å². The molecule has 2 rings (SSSR count). The van der Waals surface area contributed by atoms with E-state index in [9.17, 15) is 0 Å². The third kappa shape index (κ3) is 2.49. The van der Waals surface area contributed by atoms with Crippen LogP contribution in [-0.4, -0.2) is 7.05 Å². The zero-order valence-corrected chi connectivity index (χ0v) is 11.1. The maximum Gasteiger partial charge on any atom is 0.0952 e. The number of nitrogen functional groups attached to an aromatic ring is 1. The Morgan fingerprint density at radius 2 is 2.19 bits per heavy atom. The molecule has 4 heteroatoms. The number of hydrogen-bond donors (Lipinski definition) is 1. The highest BCUT2D eigenvalue weighted by Gasteiger charge is 2.07. The summed E-state index contributed by atoms with van der Waals surface area (Å²) >= 11 is 2.30. The van der Waals surface area contributed by atoms with Gasteiger partial charge in [-0.05, 0) is 46.9 Å². The second-order valence-electron chi connectivity index (χ2n) is 3.70. The van der Waals surface area contributed by atoms with Crippen molar-refractivity contribution in [3.05, 3.63) is 45.9 Å². The molecule has 0 saturated heterocycles. The van der Waals surface area contributed by atoms with Gasteiger partial charge in [0.25, 0.3) is 0 Å². The van der Waals surface area contributed by atoms with E-state index >= 15 is 0 Å². The molecule has 2 aromatic rings. The summed E-state index contributed by atoms with van der Waals surface area (Å²) in [6.45, 7) is 0.830. The molecule has 0 saturated carbocycles. The first kappa shape index (κ1) is 11.3. The van der Waals surface area contributed by atoms with Crippen molar-refractivity contribution in [3.63, 3.8) is 0 Å². The highest BCUT2D eigenvalue weighted by Crippen LogP contribution is 2.25. The fourth-order valence-electron chi connectivity index (χ4n) is 1.57.